The van der Waals surface area contributed by atoms with Crippen LogP contribution in [0.2, 0.25) is 0 Å². The number of hydrogen-bond donors (Lipinski definition) is 4. The highest BCUT2D eigenvalue weighted by molar-refractivity contribution is 5.90. The van der Waals surface area contributed by atoms with E-state index >= 15 is 0 Å². The summed E-state index contributed by atoms with van der Waals surface area (Å²) in [6, 6.07) is 0.511. The molecule has 3 rings (SSSR count). The number of carboxylic acids is 1. The maximum absolute atomic E-state index is 12.8. The Morgan fingerprint density at radius 1 is 1.02 bits per heavy atom. The third kappa shape index (κ3) is 10.0. The molecule has 0 aliphatic carbocycles. The van der Waals surface area contributed by atoms with Gasteiger partial charge in [0.05, 0.1) is 45.3 Å². The van der Waals surface area contributed by atoms with Crippen molar-refractivity contribution in [1.29, 1.82) is 0 Å². The van der Waals surface area contributed by atoms with E-state index in [1.807, 2.05) is 0 Å². The molecule has 0 spiro atoms. The van der Waals surface area contributed by atoms with Crippen LogP contribution in [0.4, 0.5) is 10.5 Å². The van der Waals surface area contributed by atoms with Gasteiger partial charge in [-0.05, 0) is 25.3 Å². The molecule has 1 aromatic rings. The Labute approximate surface area is 253 Å². The molecule has 0 radical (unpaired) electrons. The number of urea groups is 1. The molecule has 0 saturated carbocycles. The van der Waals surface area contributed by atoms with Gasteiger partial charge in [0.2, 0.25) is 18.2 Å². The number of aromatic nitrogens is 1. The minimum absolute atomic E-state index is 0.0324. The molecular formula is C27H41N7O10. The maximum Gasteiger partial charge on any atom is 0.323 e. The highest BCUT2D eigenvalue weighted by atomic mass is 16.5. The summed E-state index contributed by atoms with van der Waals surface area (Å²) in [5, 5.41) is 11.7. The second-order valence-corrected chi connectivity index (χ2v) is 10.4. The highest BCUT2D eigenvalue weighted by Gasteiger charge is 2.43. The van der Waals surface area contributed by atoms with Crippen LogP contribution in [0.25, 0.3) is 0 Å². The van der Waals surface area contributed by atoms with Gasteiger partial charge in [-0.15, -0.1) is 0 Å². The van der Waals surface area contributed by atoms with Gasteiger partial charge < -0.3 is 55.4 Å². The van der Waals surface area contributed by atoms with Crippen LogP contribution in [-0.2, 0) is 39.9 Å². The third-order valence-corrected chi connectivity index (χ3v) is 7.31. The topological polar surface area (TPSA) is 229 Å². The van der Waals surface area contributed by atoms with E-state index in [-0.39, 0.29) is 64.0 Å². The number of carboxylic acid groups (broad SMARTS) is 1. The zero-order valence-electron chi connectivity index (χ0n) is 24.5. The van der Waals surface area contributed by atoms with E-state index in [2.05, 4.69) is 5.32 Å². The van der Waals surface area contributed by atoms with Crippen LogP contribution in [0.5, 0.6) is 0 Å². The van der Waals surface area contributed by atoms with Gasteiger partial charge in [-0.2, -0.15) is 0 Å². The van der Waals surface area contributed by atoms with Crippen molar-refractivity contribution in [1.82, 2.24) is 19.7 Å². The lowest BCUT2D eigenvalue weighted by molar-refractivity contribution is -0.141. The molecule has 17 heteroatoms. The monoisotopic (exact) mass is 623 g/mol. The number of anilines is 1. The van der Waals surface area contributed by atoms with Crippen molar-refractivity contribution in [3.05, 3.63) is 28.7 Å². The quantitative estimate of drug-likeness (QED) is 0.105. The average molecular weight is 624 g/mol. The van der Waals surface area contributed by atoms with Crippen molar-refractivity contribution in [2.45, 2.75) is 43.9 Å². The molecule has 3 unspecified atom stereocenters. The smallest absolute Gasteiger partial charge is 0.323 e. The molecule has 17 nitrogen and oxygen atoms in total. The number of amides is 5. The van der Waals surface area contributed by atoms with Gasteiger partial charge in [-0.25, -0.2) is 4.79 Å². The van der Waals surface area contributed by atoms with E-state index in [1.54, 1.807) is 0 Å². The standard InChI is InChI=1S/C27H41N7O10/c28-21-16-31(7-5-19-1-3-22(25(29)39)34(19)26(21)40)27(41)30-6-9-42-11-13-44-14-12-43-10-8-32(18-35)20-2-4-23(36)33(15-20)17-24(37)38/h2,4,15,18-19,21-22H,1,3,5-14,16-17,28H2,(H2,29,39)(H,30,41)(H,37,38). The molecule has 0 aromatic carbocycles. The van der Waals surface area contributed by atoms with E-state index in [1.165, 1.54) is 33.0 Å². The van der Waals surface area contributed by atoms with E-state index < -0.39 is 36.1 Å². The normalized spacial score (nSPS) is 20.0. The molecule has 0 bridgehead atoms. The van der Waals surface area contributed by atoms with Crippen molar-refractivity contribution < 1.29 is 43.3 Å². The Hall–Kier alpha value is -4.06. The van der Waals surface area contributed by atoms with Crippen LogP contribution in [0, 0.1) is 0 Å². The minimum atomic E-state index is -1.17. The molecular weight excluding hydrogens is 582 g/mol. The number of nitrogens with two attached hydrogens (primary N) is 2. The Bertz CT molecular complexity index is 1210. The summed E-state index contributed by atoms with van der Waals surface area (Å²) >= 11 is 0. The number of fused-ring (bicyclic) bond motifs is 1. The van der Waals surface area contributed by atoms with Gasteiger partial charge in [0.1, 0.15) is 18.6 Å². The second kappa shape index (κ2) is 17.3. The summed E-state index contributed by atoms with van der Waals surface area (Å²) in [6.45, 7) is 1.96. The molecule has 2 fully saturated rings. The van der Waals surface area contributed by atoms with Crippen LogP contribution in [0.3, 0.4) is 0 Å². The van der Waals surface area contributed by atoms with Gasteiger partial charge in [-0.1, -0.05) is 0 Å². The first-order chi connectivity index (χ1) is 21.1. The fraction of sp³-hybridized carbons (Fsp3) is 0.630. The molecule has 44 heavy (non-hydrogen) atoms. The van der Waals surface area contributed by atoms with Crippen molar-refractivity contribution >= 4 is 35.9 Å². The predicted octanol–water partition coefficient (Wildman–Crippen LogP) is -2.47. The molecule has 2 aliphatic rings. The Balaban J connectivity index is 1.23. The molecule has 6 N–H and O–H groups in total. The number of nitrogens with one attached hydrogen (secondary N) is 1. The lowest BCUT2D eigenvalue weighted by Crippen LogP contribution is -2.59. The van der Waals surface area contributed by atoms with E-state index in [4.69, 9.17) is 30.8 Å². The van der Waals surface area contributed by atoms with Crippen molar-refractivity contribution in [2.24, 2.45) is 11.5 Å². The first-order valence-electron chi connectivity index (χ1n) is 14.4. The first-order valence-corrected chi connectivity index (χ1v) is 14.4. The molecule has 3 atom stereocenters. The fourth-order valence-electron chi connectivity index (χ4n) is 5.11. The zero-order valence-corrected chi connectivity index (χ0v) is 24.5. The molecule has 5 amide bonds. The molecule has 1 aromatic heterocycles. The summed E-state index contributed by atoms with van der Waals surface area (Å²) in [4.78, 5) is 75.6. The van der Waals surface area contributed by atoms with Gasteiger partial charge in [0.25, 0.3) is 5.56 Å². The number of pyridine rings is 1. The van der Waals surface area contributed by atoms with Crippen molar-refractivity contribution in [3.8, 4) is 0 Å². The van der Waals surface area contributed by atoms with Crippen LogP contribution in [-0.4, -0.2) is 134 Å². The summed E-state index contributed by atoms with van der Waals surface area (Å²) in [6.07, 6.45) is 3.54. The molecule has 244 valence electrons. The average Bonchev–Trinajstić information content (AvgIpc) is 3.41. The SMILES string of the molecule is NC(=O)C1CCC2CCN(C(=O)NCCOCCOCCOCCN(C=O)c3ccc(=O)n(CC(=O)O)c3)CC(N)C(=O)N21. The number of ether oxygens (including phenoxy) is 3. The Kier molecular flexibility index (Phi) is 13.5. The predicted molar refractivity (Wildman–Crippen MR) is 155 cm³/mol. The Morgan fingerprint density at radius 2 is 1.70 bits per heavy atom. The fourth-order valence-corrected chi connectivity index (χ4v) is 5.11. The summed E-state index contributed by atoms with van der Waals surface area (Å²) in [5.41, 5.74) is 11.4. The summed E-state index contributed by atoms with van der Waals surface area (Å²) in [7, 11) is 0. The highest BCUT2D eigenvalue weighted by Crippen LogP contribution is 2.28. The van der Waals surface area contributed by atoms with Gasteiger partial charge >= 0.3 is 12.0 Å². The van der Waals surface area contributed by atoms with Crippen LogP contribution < -0.4 is 27.2 Å². The lowest BCUT2D eigenvalue weighted by Gasteiger charge is -2.37. The minimum Gasteiger partial charge on any atom is -0.480 e. The number of carbonyl (C=O) groups is 5. The number of rotatable bonds is 17. The number of carbonyl (C=O) groups excluding carboxylic acids is 4. The third-order valence-electron chi connectivity index (χ3n) is 7.31. The number of aliphatic carboxylic acids is 1. The summed E-state index contributed by atoms with van der Waals surface area (Å²) in [5.74, 6) is -2.08. The lowest BCUT2D eigenvalue weighted by atomic mass is 10.1. The molecule has 2 aliphatic heterocycles. The van der Waals surface area contributed by atoms with E-state index in [9.17, 15) is 28.8 Å². The van der Waals surface area contributed by atoms with Gasteiger partial charge in [0.15, 0.2) is 0 Å². The van der Waals surface area contributed by atoms with Gasteiger partial charge in [0, 0.05) is 44.5 Å². The van der Waals surface area contributed by atoms with E-state index in [0.29, 0.717) is 51.1 Å². The van der Waals surface area contributed by atoms with E-state index in [0.717, 1.165) is 4.57 Å². The van der Waals surface area contributed by atoms with Gasteiger partial charge in [-0.3, -0.25) is 24.0 Å². The van der Waals surface area contributed by atoms with Crippen LogP contribution in [0.1, 0.15) is 19.3 Å². The molecule has 2 saturated heterocycles. The largest absolute Gasteiger partial charge is 0.480 e. The molecule has 3 heterocycles. The Morgan fingerprint density at radius 3 is 2.36 bits per heavy atom. The van der Waals surface area contributed by atoms with Crippen LogP contribution >= 0.6 is 0 Å². The first kappa shape index (κ1) is 34.4. The van der Waals surface area contributed by atoms with Crippen molar-refractivity contribution in [2.75, 3.05) is 70.7 Å². The number of hydrogen-bond acceptors (Lipinski definition) is 10. The second-order valence-electron chi connectivity index (χ2n) is 10.4. The number of nitrogens with zero attached hydrogens (tertiary/aromatic N) is 4. The number of primary amides is 1. The zero-order chi connectivity index (χ0) is 32.1. The summed E-state index contributed by atoms with van der Waals surface area (Å²) < 4.78 is 17.4. The maximum atomic E-state index is 12.8. The van der Waals surface area contributed by atoms with Crippen molar-refractivity contribution in [3.63, 3.8) is 0 Å². The van der Waals surface area contributed by atoms with Crippen LogP contribution in [0.15, 0.2) is 23.1 Å².